The van der Waals surface area contributed by atoms with Gasteiger partial charge in [-0.05, 0) is 35.9 Å². The van der Waals surface area contributed by atoms with Gasteiger partial charge < -0.3 is 9.72 Å². The summed E-state index contributed by atoms with van der Waals surface area (Å²) in [6, 6.07) is 16.8. The van der Waals surface area contributed by atoms with Gasteiger partial charge in [-0.1, -0.05) is 31.2 Å². The molecular weight excluding hydrogens is 322 g/mol. The minimum absolute atomic E-state index is 0.0665. The van der Waals surface area contributed by atoms with Crippen LogP contribution in [0.15, 0.2) is 65.7 Å². The monoisotopic (exact) mass is 341 g/mol. The molecule has 0 saturated heterocycles. The highest BCUT2D eigenvalue weighted by atomic mass is 32.2. The van der Waals surface area contributed by atoms with E-state index in [1.165, 1.54) is 0 Å². The van der Waals surface area contributed by atoms with Crippen LogP contribution in [0.5, 0.6) is 5.75 Å². The molecule has 1 aromatic heterocycles. The molecule has 1 heterocycles. The molecule has 0 bridgehead atoms. The number of aromatic nitrogens is 1. The SMILES string of the molecule is CCS(=O)(=O)c1ccc(OC)c(-c2ccccc2-c2ccc[nH]2)c1. The van der Waals surface area contributed by atoms with Crippen LogP contribution in [0.25, 0.3) is 22.4 Å². The molecule has 0 aliphatic heterocycles. The largest absolute Gasteiger partial charge is 0.496 e. The summed E-state index contributed by atoms with van der Waals surface area (Å²) < 4.78 is 30.0. The van der Waals surface area contributed by atoms with Crippen LogP contribution in [-0.2, 0) is 9.84 Å². The molecule has 0 atom stereocenters. The maximum absolute atomic E-state index is 12.3. The van der Waals surface area contributed by atoms with Crippen molar-refractivity contribution in [3.8, 4) is 28.1 Å². The molecule has 2 aromatic carbocycles. The molecule has 0 unspecified atom stereocenters. The van der Waals surface area contributed by atoms with E-state index in [1.807, 2.05) is 42.6 Å². The van der Waals surface area contributed by atoms with Crippen LogP contribution < -0.4 is 4.74 Å². The lowest BCUT2D eigenvalue weighted by atomic mass is 9.97. The summed E-state index contributed by atoms with van der Waals surface area (Å²) >= 11 is 0. The fourth-order valence-corrected chi connectivity index (χ4v) is 3.61. The smallest absolute Gasteiger partial charge is 0.178 e. The second kappa shape index (κ2) is 6.53. The van der Waals surface area contributed by atoms with E-state index in [-0.39, 0.29) is 5.75 Å². The number of hydrogen-bond donors (Lipinski definition) is 1. The van der Waals surface area contributed by atoms with Crippen molar-refractivity contribution in [1.82, 2.24) is 4.98 Å². The van der Waals surface area contributed by atoms with E-state index < -0.39 is 9.84 Å². The Kier molecular flexibility index (Phi) is 4.44. The Hall–Kier alpha value is -2.53. The number of sulfone groups is 1. The average Bonchev–Trinajstić information content (AvgIpc) is 3.15. The minimum Gasteiger partial charge on any atom is -0.496 e. The van der Waals surface area contributed by atoms with Crippen LogP contribution >= 0.6 is 0 Å². The Bertz CT molecular complexity index is 945. The number of hydrogen-bond acceptors (Lipinski definition) is 3. The van der Waals surface area contributed by atoms with Crippen molar-refractivity contribution < 1.29 is 13.2 Å². The van der Waals surface area contributed by atoms with Crippen molar-refractivity contribution in [2.24, 2.45) is 0 Å². The van der Waals surface area contributed by atoms with Crippen molar-refractivity contribution in [1.29, 1.82) is 0 Å². The molecule has 24 heavy (non-hydrogen) atoms. The van der Waals surface area contributed by atoms with Crippen molar-refractivity contribution >= 4 is 9.84 Å². The molecule has 124 valence electrons. The zero-order valence-corrected chi connectivity index (χ0v) is 14.4. The summed E-state index contributed by atoms with van der Waals surface area (Å²) in [6.07, 6.45) is 1.86. The van der Waals surface area contributed by atoms with Crippen molar-refractivity contribution in [3.63, 3.8) is 0 Å². The maximum Gasteiger partial charge on any atom is 0.178 e. The summed E-state index contributed by atoms with van der Waals surface area (Å²) in [7, 11) is -1.70. The zero-order chi connectivity index (χ0) is 17.2. The number of benzene rings is 2. The fraction of sp³-hybridized carbons (Fsp3) is 0.158. The molecule has 4 nitrogen and oxygen atoms in total. The number of nitrogens with one attached hydrogen (secondary N) is 1. The maximum atomic E-state index is 12.3. The third kappa shape index (κ3) is 2.95. The van der Waals surface area contributed by atoms with Gasteiger partial charge in [0.25, 0.3) is 0 Å². The van der Waals surface area contributed by atoms with Gasteiger partial charge in [0, 0.05) is 23.0 Å². The van der Waals surface area contributed by atoms with E-state index in [4.69, 9.17) is 4.74 Å². The van der Waals surface area contributed by atoms with Crippen molar-refractivity contribution in [2.45, 2.75) is 11.8 Å². The van der Waals surface area contributed by atoms with Gasteiger partial charge in [-0.25, -0.2) is 8.42 Å². The summed E-state index contributed by atoms with van der Waals surface area (Å²) in [5.74, 6) is 0.709. The van der Waals surface area contributed by atoms with Crippen molar-refractivity contribution in [2.75, 3.05) is 12.9 Å². The Morgan fingerprint density at radius 3 is 2.33 bits per heavy atom. The lowest BCUT2D eigenvalue weighted by Crippen LogP contribution is -2.04. The predicted molar refractivity (Wildman–Crippen MR) is 95.9 cm³/mol. The van der Waals surface area contributed by atoms with E-state index in [9.17, 15) is 8.42 Å². The number of methoxy groups -OCH3 is 1. The quantitative estimate of drug-likeness (QED) is 0.758. The van der Waals surface area contributed by atoms with Gasteiger partial charge in [0.1, 0.15) is 5.75 Å². The topological polar surface area (TPSA) is 59.2 Å². The third-order valence-electron chi connectivity index (χ3n) is 4.02. The van der Waals surface area contributed by atoms with Gasteiger partial charge in [0.15, 0.2) is 9.84 Å². The lowest BCUT2D eigenvalue weighted by molar-refractivity contribution is 0.416. The molecule has 3 aromatic rings. The highest BCUT2D eigenvalue weighted by molar-refractivity contribution is 7.91. The van der Waals surface area contributed by atoms with E-state index in [0.29, 0.717) is 10.6 Å². The number of ether oxygens (including phenoxy) is 1. The highest BCUT2D eigenvalue weighted by Crippen LogP contribution is 2.38. The van der Waals surface area contributed by atoms with Gasteiger partial charge >= 0.3 is 0 Å². The summed E-state index contributed by atoms with van der Waals surface area (Å²) in [6.45, 7) is 1.64. The van der Waals surface area contributed by atoms with Crippen LogP contribution in [0, 0.1) is 0 Å². The predicted octanol–water partition coefficient (Wildman–Crippen LogP) is 4.15. The lowest BCUT2D eigenvalue weighted by Gasteiger charge is -2.14. The van der Waals surface area contributed by atoms with Gasteiger partial charge in [0.05, 0.1) is 17.8 Å². The molecule has 1 N–H and O–H groups in total. The molecule has 5 heteroatoms. The highest BCUT2D eigenvalue weighted by Gasteiger charge is 2.17. The van der Waals surface area contributed by atoms with Crippen LogP contribution in [0.3, 0.4) is 0 Å². The summed E-state index contributed by atoms with van der Waals surface area (Å²) in [5, 5.41) is 0. The van der Waals surface area contributed by atoms with E-state index in [1.54, 1.807) is 32.2 Å². The minimum atomic E-state index is -3.28. The number of H-pyrrole nitrogens is 1. The molecule has 0 spiro atoms. The zero-order valence-electron chi connectivity index (χ0n) is 13.6. The van der Waals surface area contributed by atoms with Gasteiger partial charge in [-0.3, -0.25) is 0 Å². The molecular formula is C19H19NO3S. The normalized spacial score (nSPS) is 11.4. The number of aromatic amines is 1. The van der Waals surface area contributed by atoms with Gasteiger partial charge in [0.2, 0.25) is 0 Å². The van der Waals surface area contributed by atoms with Crippen LogP contribution in [-0.4, -0.2) is 26.3 Å². The molecule has 0 fully saturated rings. The van der Waals surface area contributed by atoms with E-state index in [2.05, 4.69) is 4.98 Å². The first-order chi connectivity index (χ1) is 11.6. The third-order valence-corrected chi connectivity index (χ3v) is 5.75. The fourth-order valence-electron chi connectivity index (χ4n) is 2.71. The first-order valence-electron chi connectivity index (χ1n) is 7.71. The first-order valence-corrected chi connectivity index (χ1v) is 9.36. The Balaban J connectivity index is 2.25. The Labute approximate surface area is 142 Å². The molecule has 0 amide bonds. The van der Waals surface area contributed by atoms with Gasteiger partial charge in [-0.15, -0.1) is 0 Å². The molecule has 0 saturated carbocycles. The van der Waals surface area contributed by atoms with Gasteiger partial charge in [-0.2, -0.15) is 0 Å². The van der Waals surface area contributed by atoms with E-state index in [0.717, 1.165) is 22.4 Å². The average molecular weight is 341 g/mol. The van der Waals surface area contributed by atoms with E-state index >= 15 is 0 Å². The van der Waals surface area contributed by atoms with Crippen LogP contribution in [0.2, 0.25) is 0 Å². The summed E-state index contributed by atoms with van der Waals surface area (Å²) in [4.78, 5) is 3.51. The van der Waals surface area contributed by atoms with Crippen molar-refractivity contribution in [3.05, 3.63) is 60.8 Å². The van der Waals surface area contributed by atoms with Crippen LogP contribution in [0.1, 0.15) is 6.92 Å². The standard InChI is InChI=1S/C19H19NO3S/c1-3-24(21,22)14-10-11-19(23-2)17(13-14)15-7-4-5-8-16(15)18-9-6-12-20-18/h4-13,20H,3H2,1-2H3. The second-order valence-electron chi connectivity index (χ2n) is 5.39. The molecule has 0 aliphatic rings. The second-order valence-corrected chi connectivity index (χ2v) is 7.67. The Morgan fingerprint density at radius 2 is 1.71 bits per heavy atom. The first kappa shape index (κ1) is 16.3. The number of rotatable bonds is 5. The summed E-state index contributed by atoms with van der Waals surface area (Å²) in [5.41, 5.74) is 3.64. The Morgan fingerprint density at radius 1 is 0.958 bits per heavy atom. The molecule has 3 rings (SSSR count). The molecule has 0 radical (unpaired) electrons. The molecule has 0 aliphatic carbocycles. The van der Waals surface area contributed by atoms with Crippen LogP contribution in [0.4, 0.5) is 0 Å².